The second-order valence-electron chi connectivity index (χ2n) is 5.67. The summed E-state index contributed by atoms with van der Waals surface area (Å²) in [6.45, 7) is 10.7. The predicted octanol–water partition coefficient (Wildman–Crippen LogP) is 3.30. The van der Waals surface area contributed by atoms with Gasteiger partial charge in [-0.3, -0.25) is 0 Å². The Labute approximate surface area is 123 Å². The van der Waals surface area contributed by atoms with E-state index in [4.69, 9.17) is 4.74 Å². The maximum Gasteiger partial charge on any atom is 0.142 e. The second-order valence-corrected chi connectivity index (χ2v) is 5.67. The number of hydrogen-bond acceptors (Lipinski definition) is 3. The normalized spacial score (nSPS) is 22.9. The third-order valence-electron chi connectivity index (χ3n) is 4.07. The molecule has 1 aromatic rings. The number of nitrogens with zero attached hydrogens (tertiary/aromatic N) is 1. The molecule has 0 bridgehead atoms. The Morgan fingerprint density at radius 2 is 2.10 bits per heavy atom. The molecule has 2 atom stereocenters. The van der Waals surface area contributed by atoms with E-state index in [9.17, 15) is 0 Å². The number of ether oxygens (including phenoxy) is 1. The molecule has 0 spiro atoms. The molecule has 0 radical (unpaired) electrons. The Kier molecular flexibility index (Phi) is 5.72. The van der Waals surface area contributed by atoms with Crippen molar-refractivity contribution in [1.82, 2.24) is 5.32 Å². The van der Waals surface area contributed by atoms with E-state index in [0.717, 1.165) is 32.0 Å². The Morgan fingerprint density at radius 1 is 1.30 bits per heavy atom. The molecule has 0 aliphatic carbocycles. The standard InChI is InChI=1S/C17H28N2O/c1-4-11-18-15-10-12-19(13-14(15)3)16-8-6-7-9-17(16)20-5-2/h6-9,14-15,18H,4-5,10-13H2,1-3H3. The molecule has 1 aliphatic heterocycles. The van der Waals surface area contributed by atoms with Crippen molar-refractivity contribution in [3.8, 4) is 5.75 Å². The van der Waals surface area contributed by atoms with Crippen molar-refractivity contribution in [1.29, 1.82) is 0 Å². The molecule has 20 heavy (non-hydrogen) atoms. The Hall–Kier alpha value is -1.22. The highest BCUT2D eigenvalue weighted by atomic mass is 16.5. The number of benzene rings is 1. The van der Waals surface area contributed by atoms with Gasteiger partial charge < -0.3 is 15.0 Å². The summed E-state index contributed by atoms with van der Waals surface area (Å²) in [6.07, 6.45) is 2.42. The van der Waals surface area contributed by atoms with Crippen molar-refractivity contribution in [3.05, 3.63) is 24.3 Å². The summed E-state index contributed by atoms with van der Waals surface area (Å²) in [5.74, 6) is 1.69. The summed E-state index contributed by atoms with van der Waals surface area (Å²) in [5.41, 5.74) is 1.25. The van der Waals surface area contributed by atoms with E-state index in [1.165, 1.54) is 18.5 Å². The molecule has 3 nitrogen and oxygen atoms in total. The van der Waals surface area contributed by atoms with Gasteiger partial charge in [0, 0.05) is 19.1 Å². The second kappa shape index (κ2) is 7.53. The molecular weight excluding hydrogens is 248 g/mol. The first-order chi connectivity index (χ1) is 9.76. The van der Waals surface area contributed by atoms with Crippen molar-refractivity contribution in [2.75, 3.05) is 31.1 Å². The fourth-order valence-corrected chi connectivity index (χ4v) is 2.99. The van der Waals surface area contributed by atoms with Crippen LogP contribution in [-0.4, -0.2) is 32.3 Å². The van der Waals surface area contributed by atoms with Crippen LogP contribution in [0.3, 0.4) is 0 Å². The highest BCUT2D eigenvalue weighted by molar-refractivity contribution is 5.58. The maximum atomic E-state index is 5.76. The summed E-state index contributed by atoms with van der Waals surface area (Å²) in [5, 5.41) is 3.67. The minimum atomic E-state index is 0.658. The molecule has 1 N–H and O–H groups in total. The first-order valence-electron chi connectivity index (χ1n) is 7.96. The van der Waals surface area contributed by atoms with Crippen LogP contribution in [-0.2, 0) is 0 Å². The van der Waals surface area contributed by atoms with Crippen LogP contribution >= 0.6 is 0 Å². The van der Waals surface area contributed by atoms with Gasteiger partial charge in [-0.05, 0) is 44.4 Å². The first-order valence-corrected chi connectivity index (χ1v) is 7.96. The highest BCUT2D eigenvalue weighted by Crippen LogP contribution is 2.31. The van der Waals surface area contributed by atoms with Gasteiger partial charge in [-0.25, -0.2) is 0 Å². The summed E-state index contributed by atoms with van der Waals surface area (Å²) >= 11 is 0. The molecule has 2 rings (SSSR count). The van der Waals surface area contributed by atoms with Gasteiger partial charge >= 0.3 is 0 Å². The average Bonchev–Trinajstić information content (AvgIpc) is 2.47. The van der Waals surface area contributed by atoms with Crippen LogP contribution in [0.25, 0.3) is 0 Å². The van der Waals surface area contributed by atoms with E-state index in [2.05, 4.69) is 42.3 Å². The molecule has 1 heterocycles. The van der Waals surface area contributed by atoms with Gasteiger partial charge in [-0.15, -0.1) is 0 Å². The monoisotopic (exact) mass is 276 g/mol. The zero-order chi connectivity index (χ0) is 14.4. The van der Waals surface area contributed by atoms with Gasteiger partial charge in [0.25, 0.3) is 0 Å². The van der Waals surface area contributed by atoms with Crippen molar-refractivity contribution in [2.45, 2.75) is 39.7 Å². The molecule has 0 saturated carbocycles. The number of para-hydroxylation sites is 2. The minimum absolute atomic E-state index is 0.658. The number of piperidine rings is 1. The summed E-state index contributed by atoms with van der Waals surface area (Å²) in [4.78, 5) is 2.47. The van der Waals surface area contributed by atoms with Crippen LogP contribution in [0.5, 0.6) is 5.75 Å². The fraction of sp³-hybridized carbons (Fsp3) is 0.647. The summed E-state index contributed by atoms with van der Waals surface area (Å²) in [6, 6.07) is 9.06. The van der Waals surface area contributed by atoms with Crippen LogP contribution in [0.1, 0.15) is 33.6 Å². The topological polar surface area (TPSA) is 24.5 Å². The van der Waals surface area contributed by atoms with Crippen LogP contribution in [0.15, 0.2) is 24.3 Å². The molecule has 1 aliphatic rings. The average molecular weight is 276 g/mol. The van der Waals surface area contributed by atoms with E-state index in [0.29, 0.717) is 12.0 Å². The smallest absolute Gasteiger partial charge is 0.142 e. The molecule has 112 valence electrons. The third-order valence-corrected chi connectivity index (χ3v) is 4.07. The minimum Gasteiger partial charge on any atom is -0.492 e. The molecule has 1 fully saturated rings. The van der Waals surface area contributed by atoms with Crippen LogP contribution in [0, 0.1) is 5.92 Å². The number of hydrogen-bond donors (Lipinski definition) is 1. The van der Waals surface area contributed by atoms with Gasteiger partial charge in [0.2, 0.25) is 0 Å². The Morgan fingerprint density at radius 3 is 2.80 bits per heavy atom. The quantitative estimate of drug-likeness (QED) is 0.863. The summed E-state index contributed by atoms with van der Waals surface area (Å²) < 4.78 is 5.76. The molecule has 3 heteroatoms. The zero-order valence-corrected chi connectivity index (χ0v) is 13.1. The predicted molar refractivity (Wildman–Crippen MR) is 85.7 cm³/mol. The van der Waals surface area contributed by atoms with Crippen molar-refractivity contribution >= 4 is 5.69 Å². The number of nitrogens with one attached hydrogen (secondary N) is 1. The molecule has 0 amide bonds. The van der Waals surface area contributed by atoms with E-state index in [1.54, 1.807) is 0 Å². The van der Waals surface area contributed by atoms with Crippen LogP contribution < -0.4 is 15.0 Å². The van der Waals surface area contributed by atoms with E-state index in [1.807, 2.05) is 13.0 Å². The van der Waals surface area contributed by atoms with Gasteiger partial charge in [-0.2, -0.15) is 0 Å². The largest absolute Gasteiger partial charge is 0.492 e. The van der Waals surface area contributed by atoms with E-state index in [-0.39, 0.29) is 0 Å². The lowest BCUT2D eigenvalue weighted by molar-refractivity contribution is 0.314. The molecule has 1 saturated heterocycles. The third kappa shape index (κ3) is 3.66. The highest BCUT2D eigenvalue weighted by Gasteiger charge is 2.26. The molecule has 2 unspecified atom stereocenters. The van der Waals surface area contributed by atoms with E-state index >= 15 is 0 Å². The molecular formula is C17H28N2O. The zero-order valence-electron chi connectivity index (χ0n) is 13.1. The Balaban J connectivity index is 2.01. The van der Waals surface area contributed by atoms with Crippen LogP contribution in [0.2, 0.25) is 0 Å². The lowest BCUT2D eigenvalue weighted by Gasteiger charge is -2.39. The lowest BCUT2D eigenvalue weighted by atomic mass is 9.93. The van der Waals surface area contributed by atoms with Gasteiger partial charge in [-0.1, -0.05) is 26.0 Å². The fourth-order valence-electron chi connectivity index (χ4n) is 2.99. The van der Waals surface area contributed by atoms with Crippen molar-refractivity contribution < 1.29 is 4.74 Å². The van der Waals surface area contributed by atoms with E-state index < -0.39 is 0 Å². The lowest BCUT2D eigenvalue weighted by Crippen LogP contribution is -2.48. The van der Waals surface area contributed by atoms with Crippen LogP contribution in [0.4, 0.5) is 5.69 Å². The summed E-state index contributed by atoms with van der Waals surface area (Å²) in [7, 11) is 0. The number of rotatable bonds is 6. The first kappa shape index (κ1) is 15.2. The number of anilines is 1. The molecule has 1 aromatic carbocycles. The van der Waals surface area contributed by atoms with Crippen molar-refractivity contribution in [3.63, 3.8) is 0 Å². The Bertz CT molecular complexity index is 408. The molecule has 0 aromatic heterocycles. The van der Waals surface area contributed by atoms with Gasteiger partial charge in [0.15, 0.2) is 0 Å². The van der Waals surface area contributed by atoms with Gasteiger partial charge in [0.1, 0.15) is 5.75 Å². The SMILES string of the molecule is CCCNC1CCN(c2ccccc2OCC)CC1C. The maximum absolute atomic E-state index is 5.76. The van der Waals surface area contributed by atoms with Gasteiger partial charge in [0.05, 0.1) is 12.3 Å². The van der Waals surface area contributed by atoms with Crippen molar-refractivity contribution in [2.24, 2.45) is 5.92 Å².